The van der Waals surface area contributed by atoms with Crippen molar-refractivity contribution in [3.05, 3.63) is 309 Å². The highest BCUT2D eigenvalue weighted by Gasteiger charge is 2.55. The zero-order valence-corrected chi connectivity index (χ0v) is 45.1. The molecule has 8 aromatic carbocycles. The number of carbonyl (C=O) groups excluding carboxylic acids is 4. The lowest BCUT2D eigenvalue weighted by atomic mass is 9.77. The molecule has 0 aliphatic carbocycles. The SMILES string of the molecule is CC(=O)SC1=C(C(=O)OC(c2ccccc2)c2ccccc2)N2C(=O)C(NC(=O)/C(=N\OC(c3ccccc3)(c3ccccc3)c3ccccc3)c3csc(NC(c4ccccc4)(c4ccccc4)c4ccccc4)n3)[C@@H]2SC1. The fraction of sp³-hybridized carbons (Fsp3) is 0.108. The summed E-state index contributed by atoms with van der Waals surface area (Å²) in [6.45, 7) is 1.41. The minimum absolute atomic E-state index is 0.0409. The van der Waals surface area contributed by atoms with E-state index in [4.69, 9.17) is 19.7 Å². The molecule has 0 spiro atoms. The average molecular weight is 1090 g/mol. The summed E-state index contributed by atoms with van der Waals surface area (Å²) in [5.41, 5.74) is 4.12. The van der Waals surface area contributed by atoms with Crippen molar-refractivity contribution in [2.75, 3.05) is 11.1 Å². The molecule has 2 amide bonds. The minimum Gasteiger partial charge on any atom is -0.448 e. The van der Waals surface area contributed by atoms with Crippen LogP contribution < -0.4 is 10.6 Å². The maximum Gasteiger partial charge on any atom is 0.356 e. The highest BCUT2D eigenvalue weighted by molar-refractivity contribution is 8.17. The first kappa shape index (κ1) is 52.2. The average Bonchev–Trinajstić information content (AvgIpc) is 4.14. The molecule has 0 bridgehead atoms. The van der Waals surface area contributed by atoms with Crippen molar-refractivity contribution in [1.29, 1.82) is 0 Å². The number of carbonyl (C=O) groups is 4. The van der Waals surface area contributed by atoms with Gasteiger partial charge in [-0.25, -0.2) is 9.78 Å². The summed E-state index contributed by atoms with van der Waals surface area (Å²) in [6.07, 6.45) is -0.824. The molecule has 2 aliphatic rings. The molecule has 3 heterocycles. The van der Waals surface area contributed by atoms with E-state index in [1.54, 1.807) is 5.38 Å². The van der Waals surface area contributed by atoms with Crippen LogP contribution in [0.3, 0.4) is 0 Å². The van der Waals surface area contributed by atoms with Crippen LogP contribution in [-0.4, -0.2) is 55.7 Å². The zero-order chi connectivity index (χ0) is 54.2. The van der Waals surface area contributed by atoms with Gasteiger partial charge >= 0.3 is 5.97 Å². The Balaban J connectivity index is 0.987. The highest BCUT2D eigenvalue weighted by atomic mass is 32.2. The molecule has 11 nitrogen and oxygen atoms in total. The summed E-state index contributed by atoms with van der Waals surface area (Å²) in [7, 11) is 0. The van der Waals surface area contributed by atoms with Gasteiger partial charge in [0, 0.05) is 39.7 Å². The van der Waals surface area contributed by atoms with Crippen molar-refractivity contribution in [1.82, 2.24) is 15.2 Å². The predicted octanol–water partition coefficient (Wildman–Crippen LogP) is 12.5. The third-order valence-electron chi connectivity index (χ3n) is 13.8. The molecular weight excluding hydrogens is 1040 g/mol. The van der Waals surface area contributed by atoms with Crippen LogP contribution in [0.15, 0.2) is 264 Å². The third-order valence-corrected chi connectivity index (χ3v) is 16.9. The van der Waals surface area contributed by atoms with E-state index in [2.05, 4.69) is 47.0 Å². The molecular formula is C65H51N5O6S3. The van der Waals surface area contributed by atoms with Gasteiger partial charge in [0.15, 0.2) is 22.1 Å². The molecule has 1 unspecified atom stereocenters. The first-order valence-electron chi connectivity index (χ1n) is 25.6. The van der Waals surface area contributed by atoms with Crippen LogP contribution in [0.4, 0.5) is 5.13 Å². The van der Waals surface area contributed by atoms with Crippen LogP contribution in [0.25, 0.3) is 0 Å². The van der Waals surface area contributed by atoms with Crippen LogP contribution in [-0.2, 0) is 39.9 Å². The fourth-order valence-electron chi connectivity index (χ4n) is 10.2. The molecule has 2 aliphatic heterocycles. The molecule has 1 aromatic heterocycles. The van der Waals surface area contributed by atoms with E-state index in [1.807, 2.05) is 206 Å². The van der Waals surface area contributed by atoms with Crippen LogP contribution in [0, 0.1) is 0 Å². The van der Waals surface area contributed by atoms with Crippen molar-refractivity contribution in [3.8, 4) is 0 Å². The first-order valence-corrected chi connectivity index (χ1v) is 28.3. The number of hydrogen-bond donors (Lipinski definition) is 2. The number of anilines is 1. The summed E-state index contributed by atoms with van der Waals surface area (Å²) in [5, 5.41) is 12.9. The van der Waals surface area contributed by atoms with Gasteiger partial charge in [0.25, 0.3) is 11.8 Å². The maximum atomic E-state index is 15.4. The molecule has 79 heavy (non-hydrogen) atoms. The van der Waals surface area contributed by atoms with E-state index in [1.165, 1.54) is 34.9 Å². The smallest absolute Gasteiger partial charge is 0.356 e. The lowest BCUT2D eigenvalue weighted by molar-refractivity contribution is -0.154. The number of amides is 2. The zero-order valence-electron chi connectivity index (χ0n) is 42.6. The van der Waals surface area contributed by atoms with Crippen molar-refractivity contribution in [2.24, 2.45) is 5.16 Å². The van der Waals surface area contributed by atoms with Gasteiger partial charge in [0.2, 0.25) is 5.60 Å². The molecule has 2 N–H and O–H groups in total. The highest BCUT2D eigenvalue weighted by Crippen LogP contribution is 2.46. The Kier molecular flexibility index (Phi) is 15.5. The molecule has 0 saturated carbocycles. The number of nitrogens with one attached hydrogen (secondary N) is 2. The molecule has 2 atom stereocenters. The van der Waals surface area contributed by atoms with Gasteiger partial charge in [-0.2, -0.15) is 0 Å². The standard InChI is InChI=1S/C65H51N5O6S3/c1-44(71)79-54-43-77-61-56(60(73)70(61)57(54)62(74)75-58(45-26-10-2-11-27-45)46-28-12-3-13-29-46)67-59(72)55(69-76-65(50-36-20-7-21-37-50,51-38-22-8-23-39-51)52-40-24-9-25-41-52)53-42-78-63(66-53)68-64(47-30-14-4-15-31-47,48-32-16-5-17-33-48)49-34-18-6-19-35-49/h2-42,56,58,61H,43H2,1H3,(H,66,68)(H,67,72)/b69-55-/t56?,61-/m0/s1. The van der Waals surface area contributed by atoms with Crippen LogP contribution >= 0.6 is 34.9 Å². The Labute approximate surface area is 470 Å². The predicted molar refractivity (Wildman–Crippen MR) is 313 cm³/mol. The molecule has 390 valence electrons. The molecule has 1 saturated heterocycles. The number of thiazole rings is 1. The Hall–Kier alpha value is -8.82. The molecule has 14 heteroatoms. The summed E-state index contributed by atoms with van der Waals surface area (Å²) >= 11 is 3.50. The largest absolute Gasteiger partial charge is 0.448 e. The Morgan fingerprint density at radius 3 is 1.47 bits per heavy atom. The van der Waals surface area contributed by atoms with Gasteiger partial charge in [0.1, 0.15) is 28.3 Å². The number of β-lactam (4-membered cyclic amide) rings is 1. The van der Waals surface area contributed by atoms with E-state index >= 15 is 4.79 Å². The van der Waals surface area contributed by atoms with Crippen LogP contribution in [0.2, 0.25) is 0 Å². The van der Waals surface area contributed by atoms with Gasteiger partial charge in [-0.1, -0.05) is 260 Å². The lowest BCUT2D eigenvalue weighted by Crippen LogP contribution is -2.71. The number of ether oxygens (including phenoxy) is 1. The van der Waals surface area contributed by atoms with Crippen molar-refractivity contribution in [2.45, 2.75) is 35.6 Å². The van der Waals surface area contributed by atoms with Crippen LogP contribution in [0.5, 0.6) is 0 Å². The summed E-state index contributed by atoms with van der Waals surface area (Å²) < 4.78 is 6.32. The normalized spacial score (nSPS) is 15.4. The lowest BCUT2D eigenvalue weighted by Gasteiger charge is -2.49. The molecule has 9 aromatic rings. The van der Waals surface area contributed by atoms with E-state index < -0.39 is 46.4 Å². The third kappa shape index (κ3) is 10.5. The Bertz CT molecular complexity index is 3420. The minimum atomic E-state index is -1.39. The van der Waals surface area contributed by atoms with Gasteiger partial charge in [-0.3, -0.25) is 19.3 Å². The second-order valence-corrected chi connectivity index (χ2v) is 21.9. The number of fused-ring (bicyclic) bond motifs is 1. The number of hydrogen-bond acceptors (Lipinski definition) is 12. The number of thioether (sulfide) groups is 2. The second-order valence-electron chi connectivity index (χ2n) is 18.7. The van der Waals surface area contributed by atoms with Crippen molar-refractivity contribution in [3.63, 3.8) is 0 Å². The number of esters is 1. The summed E-state index contributed by atoms with van der Waals surface area (Å²) in [4.78, 5) is 71.4. The summed E-state index contributed by atoms with van der Waals surface area (Å²) in [5.74, 6) is -1.90. The van der Waals surface area contributed by atoms with Crippen molar-refractivity contribution >= 4 is 68.6 Å². The molecule has 0 radical (unpaired) electrons. The van der Waals surface area contributed by atoms with Gasteiger partial charge in [-0.15, -0.1) is 23.1 Å². The van der Waals surface area contributed by atoms with E-state index in [0.717, 1.165) is 56.3 Å². The second kappa shape index (κ2) is 23.4. The monoisotopic (exact) mass is 1090 g/mol. The van der Waals surface area contributed by atoms with Gasteiger partial charge in [-0.05, 0) is 27.8 Å². The van der Waals surface area contributed by atoms with Crippen molar-refractivity contribution < 1.29 is 28.8 Å². The number of aromatic nitrogens is 1. The number of oxime groups is 1. The summed E-state index contributed by atoms with van der Waals surface area (Å²) in [6, 6.07) is 76.9. The maximum absolute atomic E-state index is 15.4. The van der Waals surface area contributed by atoms with Gasteiger partial charge in [0.05, 0.1) is 0 Å². The topological polar surface area (TPSA) is 139 Å². The number of rotatable bonds is 18. The van der Waals surface area contributed by atoms with E-state index in [0.29, 0.717) is 10.0 Å². The van der Waals surface area contributed by atoms with Gasteiger partial charge < -0.3 is 20.2 Å². The molecule has 1 fully saturated rings. The number of benzene rings is 8. The number of nitrogens with zero attached hydrogens (tertiary/aromatic N) is 3. The fourth-order valence-corrected chi connectivity index (χ4v) is 13.2. The Morgan fingerprint density at radius 1 is 0.620 bits per heavy atom. The first-order chi connectivity index (χ1) is 38.7. The Morgan fingerprint density at radius 2 is 1.04 bits per heavy atom. The van der Waals surface area contributed by atoms with Crippen LogP contribution in [0.1, 0.15) is 63.2 Å². The van der Waals surface area contributed by atoms with E-state index in [-0.39, 0.29) is 28.0 Å². The van der Waals surface area contributed by atoms with E-state index in [9.17, 15) is 14.4 Å². The molecule has 11 rings (SSSR count). The quantitative estimate of drug-likeness (QED) is 0.0281.